The van der Waals surface area contributed by atoms with Gasteiger partial charge in [-0.1, -0.05) is 0 Å². The molecule has 0 aromatic carbocycles. The van der Waals surface area contributed by atoms with Crippen molar-refractivity contribution in [3.63, 3.8) is 0 Å². The van der Waals surface area contributed by atoms with Crippen molar-refractivity contribution in [3.05, 3.63) is 0 Å². The molecule has 1 saturated heterocycles. The molecule has 12 heavy (non-hydrogen) atoms. The van der Waals surface area contributed by atoms with Crippen molar-refractivity contribution in [1.82, 2.24) is 9.80 Å². The number of likely N-dealkylation sites (tertiary alicyclic amines) is 1. The number of likely N-dealkylation sites (N-methyl/N-ethyl adjacent to an activating group) is 1. The fourth-order valence-electron chi connectivity index (χ4n) is 2.38. The molecule has 0 aromatic heterocycles. The molecule has 0 N–H and O–H groups in total. The van der Waals surface area contributed by atoms with Crippen molar-refractivity contribution in [2.75, 3.05) is 20.6 Å². The highest BCUT2D eigenvalue weighted by molar-refractivity contribution is 4.92. The summed E-state index contributed by atoms with van der Waals surface area (Å²) < 4.78 is 0. The third-order valence-corrected chi connectivity index (χ3v) is 2.72. The third-order valence-electron chi connectivity index (χ3n) is 2.72. The zero-order chi connectivity index (χ0) is 9.30. The van der Waals surface area contributed by atoms with E-state index in [1.807, 2.05) is 0 Å². The van der Waals surface area contributed by atoms with Gasteiger partial charge in [-0.2, -0.15) is 0 Å². The van der Waals surface area contributed by atoms with Crippen molar-refractivity contribution < 1.29 is 0 Å². The van der Waals surface area contributed by atoms with E-state index in [1.165, 1.54) is 13.0 Å². The predicted octanol–water partition coefficient (Wildman–Crippen LogP) is 1.42. The molecule has 0 spiro atoms. The van der Waals surface area contributed by atoms with Crippen LogP contribution in [0.3, 0.4) is 0 Å². The molecule has 0 bridgehead atoms. The topological polar surface area (TPSA) is 6.48 Å². The van der Waals surface area contributed by atoms with Gasteiger partial charge in [-0.25, -0.2) is 0 Å². The van der Waals surface area contributed by atoms with Crippen LogP contribution in [0.5, 0.6) is 0 Å². The van der Waals surface area contributed by atoms with Crippen LogP contribution in [0.4, 0.5) is 0 Å². The van der Waals surface area contributed by atoms with Gasteiger partial charge in [0.1, 0.15) is 0 Å². The maximum Gasteiger partial charge on any atom is 0.0243 e. The molecular formula is C10H22N2. The van der Waals surface area contributed by atoms with Gasteiger partial charge in [-0.05, 0) is 41.3 Å². The Hall–Kier alpha value is -0.0800. The second-order valence-electron chi connectivity index (χ2n) is 4.54. The first-order chi connectivity index (χ1) is 5.52. The maximum absolute atomic E-state index is 2.61. The highest BCUT2D eigenvalue weighted by Crippen LogP contribution is 2.27. The van der Waals surface area contributed by atoms with E-state index >= 15 is 0 Å². The Bertz CT molecular complexity index is 138. The zero-order valence-corrected chi connectivity index (χ0v) is 9.04. The molecule has 2 atom stereocenters. The van der Waals surface area contributed by atoms with Crippen LogP contribution in [0.1, 0.15) is 27.2 Å². The van der Waals surface area contributed by atoms with E-state index in [2.05, 4.69) is 44.7 Å². The van der Waals surface area contributed by atoms with E-state index < -0.39 is 0 Å². The van der Waals surface area contributed by atoms with Crippen LogP contribution in [0.25, 0.3) is 0 Å². The Labute approximate surface area is 76.5 Å². The molecule has 1 fully saturated rings. The molecule has 0 radical (unpaired) electrons. The lowest BCUT2D eigenvalue weighted by molar-refractivity contribution is -0.0150. The summed E-state index contributed by atoms with van der Waals surface area (Å²) in [6, 6.07) is 2.31. The Balaban J connectivity index is 2.38. The summed E-state index contributed by atoms with van der Waals surface area (Å²) in [6.45, 7) is 8.12. The van der Waals surface area contributed by atoms with Crippen LogP contribution in [0.15, 0.2) is 0 Å². The standard InChI is InChI=1S/C10H22N2/c1-8(2)12-9(3)6-10(12)7-11(4)5/h8-10H,6-7H2,1-5H3. The molecule has 1 rings (SSSR count). The van der Waals surface area contributed by atoms with Crippen LogP contribution >= 0.6 is 0 Å². The second-order valence-corrected chi connectivity index (χ2v) is 4.54. The Morgan fingerprint density at radius 1 is 1.42 bits per heavy atom. The van der Waals surface area contributed by atoms with E-state index in [0.29, 0.717) is 6.04 Å². The Kier molecular flexibility index (Phi) is 3.13. The lowest BCUT2D eigenvalue weighted by Crippen LogP contribution is -2.60. The summed E-state index contributed by atoms with van der Waals surface area (Å²) >= 11 is 0. The molecule has 2 heteroatoms. The normalized spacial score (nSPS) is 31.2. The fraction of sp³-hybridized carbons (Fsp3) is 1.00. The highest BCUT2D eigenvalue weighted by Gasteiger charge is 2.36. The van der Waals surface area contributed by atoms with Gasteiger partial charge in [0, 0.05) is 24.7 Å². The SMILES string of the molecule is CC(C)N1C(C)CC1CN(C)C. The van der Waals surface area contributed by atoms with Gasteiger partial charge in [-0.3, -0.25) is 4.90 Å². The first-order valence-corrected chi connectivity index (χ1v) is 4.94. The van der Waals surface area contributed by atoms with E-state index in [0.717, 1.165) is 12.1 Å². The molecular weight excluding hydrogens is 148 g/mol. The van der Waals surface area contributed by atoms with Crippen molar-refractivity contribution in [2.45, 2.75) is 45.3 Å². The van der Waals surface area contributed by atoms with E-state index in [-0.39, 0.29) is 0 Å². The minimum Gasteiger partial charge on any atom is -0.308 e. The number of rotatable bonds is 3. The van der Waals surface area contributed by atoms with E-state index in [1.54, 1.807) is 0 Å². The third kappa shape index (κ3) is 1.99. The molecule has 2 unspecified atom stereocenters. The van der Waals surface area contributed by atoms with Crippen LogP contribution in [0.2, 0.25) is 0 Å². The lowest BCUT2D eigenvalue weighted by atomic mass is 9.92. The van der Waals surface area contributed by atoms with Gasteiger partial charge < -0.3 is 4.90 Å². The molecule has 0 aliphatic carbocycles. The quantitative estimate of drug-likeness (QED) is 0.632. The maximum atomic E-state index is 2.61. The molecule has 2 nitrogen and oxygen atoms in total. The number of nitrogens with zero attached hydrogens (tertiary/aromatic N) is 2. The number of hydrogen-bond donors (Lipinski definition) is 0. The largest absolute Gasteiger partial charge is 0.308 e. The summed E-state index contributed by atoms with van der Waals surface area (Å²) in [7, 11) is 4.31. The van der Waals surface area contributed by atoms with Gasteiger partial charge in [0.25, 0.3) is 0 Å². The molecule has 1 aliphatic heterocycles. The molecule has 72 valence electrons. The summed E-state index contributed by atoms with van der Waals surface area (Å²) in [5.41, 5.74) is 0. The van der Waals surface area contributed by atoms with Gasteiger partial charge in [0.05, 0.1) is 0 Å². The monoisotopic (exact) mass is 170 g/mol. The molecule has 0 aromatic rings. The summed E-state index contributed by atoms with van der Waals surface area (Å²) in [5.74, 6) is 0. The molecule has 0 saturated carbocycles. The number of hydrogen-bond acceptors (Lipinski definition) is 2. The highest BCUT2D eigenvalue weighted by atomic mass is 15.3. The Morgan fingerprint density at radius 3 is 2.33 bits per heavy atom. The van der Waals surface area contributed by atoms with Gasteiger partial charge in [0.2, 0.25) is 0 Å². The van der Waals surface area contributed by atoms with Crippen LogP contribution in [0, 0.1) is 0 Å². The van der Waals surface area contributed by atoms with Crippen molar-refractivity contribution in [2.24, 2.45) is 0 Å². The van der Waals surface area contributed by atoms with Crippen molar-refractivity contribution in [1.29, 1.82) is 0 Å². The lowest BCUT2D eigenvalue weighted by Gasteiger charge is -2.50. The van der Waals surface area contributed by atoms with Crippen LogP contribution in [-0.4, -0.2) is 48.6 Å². The summed E-state index contributed by atoms with van der Waals surface area (Å²) in [6.07, 6.45) is 1.37. The van der Waals surface area contributed by atoms with E-state index in [9.17, 15) is 0 Å². The Morgan fingerprint density at radius 2 is 2.00 bits per heavy atom. The van der Waals surface area contributed by atoms with Gasteiger partial charge >= 0.3 is 0 Å². The second kappa shape index (κ2) is 3.75. The average molecular weight is 170 g/mol. The smallest absolute Gasteiger partial charge is 0.0243 e. The van der Waals surface area contributed by atoms with Gasteiger partial charge in [-0.15, -0.1) is 0 Å². The summed E-state index contributed by atoms with van der Waals surface area (Å²) in [4.78, 5) is 4.89. The minimum atomic E-state index is 0.707. The van der Waals surface area contributed by atoms with Crippen LogP contribution < -0.4 is 0 Å². The van der Waals surface area contributed by atoms with Gasteiger partial charge in [0.15, 0.2) is 0 Å². The predicted molar refractivity (Wildman–Crippen MR) is 53.4 cm³/mol. The molecule has 1 aliphatic rings. The fourth-order valence-corrected chi connectivity index (χ4v) is 2.38. The first kappa shape index (κ1) is 10.0. The van der Waals surface area contributed by atoms with Crippen molar-refractivity contribution >= 4 is 0 Å². The molecule has 0 amide bonds. The summed E-state index contributed by atoms with van der Waals surface area (Å²) in [5, 5.41) is 0. The average Bonchev–Trinajstić information content (AvgIpc) is 1.82. The first-order valence-electron chi connectivity index (χ1n) is 4.94. The van der Waals surface area contributed by atoms with Crippen LogP contribution in [-0.2, 0) is 0 Å². The van der Waals surface area contributed by atoms with E-state index in [4.69, 9.17) is 0 Å². The minimum absolute atomic E-state index is 0.707. The molecule has 1 heterocycles. The van der Waals surface area contributed by atoms with Crippen molar-refractivity contribution in [3.8, 4) is 0 Å². The zero-order valence-electron chi connectivity index (χ0n) is 9.04.